The Hall–Kier alpha value is -1.38. The quantitative estimate of drug-likeness (QED) is 0.609. The molecule has 1 aromatic rings. The summed E-state index contributed by atoms with van der Waals surface area (Å²) in [6.45, 7) is 3.46. The first-order valence-electron chi connectivity index (χ1n) is 4.55. The number of aromatic nitrogens is 2. The number of fused-ring (bicyclic) bond motifs is 1. The van der Waals surface area contributed by atoms with E-state index in [1.54, 1.807) is 6.20 Å². The monoisotopic (exact) mass is 176 g/mol. The second kappa shape index (κ2) is 3.17. The van der Waals surface area contributed by atoms with Crippen LogP contribution >= 0.6 is 0 Å². The van der Waals surface area contributed by atoms with Crippen LogP contribution in [0.1, 0.15) is 28.9 Å². The summed E-state index contributed by atoms with van der Waals surface area (Å²) in [5.74, 6) is -0.122. The summed E-state index contributed by atoms with van der Waals surface area (Å²) in [6.07, 6.45) is 7.50. The minimum Gasteiger partial charge on any atom is -0.267 e. The molecule has 0 saturated heterocycles. The van der Waals surface area contributed by atoms with Crippen molar-refractivity contribution in [3.8, 4) is 0 Å². The van der Waals surface area contributed by atoms with Crippen molar-refractivity contribution in [1.29, 1.82) is 0 Å². The molecule has 0 aliphatic heterocycles. The van der Waals surface area contributed by atoms with E-state index in [9.17, 15) is 4.79 Å². The number of nitrogens with zero attached hydrogens (tertiary/aromatic N) is 2. The van der Waals surface area contributed by atoms with E-state index in [0.717, 1.165) is 25.0 Å². The molecule has 1 aliphatic carbocycles. The van der Waals surface area contributed by atoms with Crippen molar-refractivity contribution in [3.05, 3.63) is 30.1 Å². The van der Waals surface area contributed by atoms with Gasteiger partial charge in [0, 0.05) is 0 Å². The van der Waals surface area contributed by atoms with Crippen LogP contribution in [-0.2, 0) is 12.8 Å². The second-order valence-electron chi connectivity index (χ2n) is 3.28. The molecule has 0 aromatic carbocycles. The van der Waals surface area contributed by atoms with Crippen LogP contribution in [0.2, 0.25) is 0 Å². The second-order valence-corrected chi connectivity index (χ2v) is 3.28. The summed E-state index contributed by atoms with van der Waals surface area (Å²) < 4.78 is 1.47. The van der Waals surface area contributed by atoms with Crippen LogP contribution in [0.3, 0.4) is 0 Å². The van der Waals surface area contributed by atoms with Gasteiger partial charge < -0.3 is 0 Å². The summed E-state index contributed by atoms with van der Waals surface area (Å²) in [7, 11) is 0. The third-order valence-corrected chi connectivity index (χ3v) is 2.45. The predicted octanol–water partition coefficient (Wildman–Crippen LogP) is 1.59. The molecule has 0 bridgehead atoms. The number of carbonyl (C=O) groups excluding carboxylic acids is 1. The maximum Gasteiger partial charge on any atom is 0.270 e. The van der Waals surface area contributed by atoms with Crippen LogP contribution in [0.5, 0.6) is 0 Å². The largest absolute Gasteiger partial charge is 0.270 e. The zero-order chi connectivity index (χ0) is 9.26. The van der Waals surface area contributed by atoms with Crippen LogP contribution in [0.15, 0.2) is 18.9 Å². The smallest absolute Gasteiger partial charge is 0.267 e. The van der Waals surface area contributed by atoms with Gasteiger partial charge in [-0.2, -0.15) is 5.10 Å². The fourth-order valence-electron chi connectivity index (χ4n) is 1.77. The van der Waals surface area contributed by atoms with E-state index in [4.69, 9.17) is 0 Å². The van der Waals surface area contributed by atoms with E-state index in [1.165, 1.54) is 22.7 Å². The normalized spacial score (nSPS) is 15.1. The van der Waals surface area contributed by atoms with Gasteiger partial charge in [0.25, 0.3) is 5.91 Å². The van der Waals surface area contributed by atoms with Gasteiger partial charge in [-0.25, -0.2) is 4.68 Å². The fourth-order valence-corrected chi connectivity index (χ4v) is 1.77. The number of hydrogen-bond donors (Lipinski definition) is 0. The van der Waals surface area contributed by atoms with Crippen molar-refractivity contribution in [2.45, 2.75) is 25.7 Å². The SMILES string of the molecule is C=CC(=O)n1ncc2c1CCCC2. The van der Waals surface area contributed by atoms with Gasteiger partial charge in [0.05, 0.1) is 11.9 Å². The first kappa shape index (κ1) is 8.23. The van der Waals surface area contributed by atoms with Gasteiger partial charge in [-0.05, 0) is 37.3 Å². The highest BCUT2D eigenvalue weighted by Crippen LogP contribution is 2.20. The van der Waals surface area contributed by atoms with Crippen molar-refractivity contribution in [1.82, 2.24) is 9.78 Å². The molecule has 3 heteroatoms. The van der Waals surface area contributed by atoms with Crippen LogP contribution in [0, 0.1) is 0 Å². The molecule has 2 rings (SSSR count). The molecule has 0 fully saturated rings. The molecule has 0 saturated carbocycles. The van der Waals surface area contributed by atoms with E-state index >= 15 is 0 Å². The maximum atomic E-state index is 11.3. The molecular weight excluding hydrogens is 164 g/mol. The minimum atomic E-state index is -0.122. The summed E-state index contributed by atoms with van der Waals surface area (Å²) in [6, 6.07) is 0. The lowest BCUT2D eigenvalue weighted by atomic mass is 9.98. The molecule has 0 spiro atoms. The van der Waals surface area contributed by atoms with Gasteiger partial charge >= 0.3 is 0 Å². The first-order valence-corrected chi connectivity index (χ1v) is 4.55. The lowest BCUT2D eigenvalue weighted by Crippen LogP contribution is -2.15. The van der Waals surface area contributed by atoms with Crippen LogP contribution < -0.4 is 0 Å². The van der Waals surface area contributed by atoms with Crippen molar-refractivity contribution in [2.24, 2.45) is 0 Å². The molecule has 0 amide bonds. The van der Waals surface area contributed by atoms with Gasteiger partial charge in [0.1, 0.15) is 0 Å². The number of hydrogen-bond acceptors (Lipinski definition) is 2. The summed E-state index contributed by atoms with van der Waals surface area (Å²) in [5.41, 5.74) is 2.30. The van der Waals surface area contributed by atoms with Crippen LogP contribution in [-0.4, -0.2) is 15.7 Å². The van der Waals surface area contributed by atoms with E-state index < -0.39 is 0 Å². The zero-order valence-electron chi connectivity index (χ0n) is 7.49. The first-order chi connectivity index (χ1) is 6.33. The Balaban J connectivity index is 2.42. The van der Waals surface area contributed by atoms with Gasteiger partial charge in [-0.1, -0.05) is 6.58 Å². The molecule has 1 aromatic heterocycles. The Morgan fingerprint density at radius 1 is 1.54 bits per heavy atom. The summed E-state index contributed by atoms with van der Waals surface area (Å²) in [4.78, 5) is 11.3. The Morgan fingerprint density at radius 3 is 3.08 bits per heavy atom. The molecule has 3 nitrogen and oxygen atoms in total. The standard InChI is InChI=1S/C10H12N2O/c1-2-10(13)12-9-6-4-3-5-8(9)7-11-12/h2,7H,1,3-6H2. The highest BCUT2D eigenvalue weighted by Gasteiger charge is 2.16. The topological polar surface area (TPSA) is 34.9 Å². The van der Waals surface area contributed by atoms with Crippen LogP contribution in [0.25, 0.3) is 0 Å². The molecule has 0 N–H and O–H groups in total. The van der Waals surface area contributed by atoms with Crippen molar-refractivity contribution >= 4 is 5.91 Å². The fraction of sp³-hybridized carbons (Fsp3) is 0.400. The lowest BCUT2D eigenvalue weighted by Gasteiger charge is -2.11. The van der Waals surface area contributed by atoms with Crippen LogP contribution in [0.4, 0.5) is 0 Å². The van der Waals surface area contributed by atoms with E-state index in [1.807, 2.05) is 0 Å². The third-order valence-electron chi connectivity index (χ3n) is 2.45. The van der Waals surface area contributed by atoms with Gasteiger partial charge in [-0.15, -0.1) is 0 Å². The summed E-state index contributed by atoms with van der Waals surface area (Å²) in [5, 5.41) is 4.06. The Morgan fingerprint density at radius 2 is 2.31 bits per heavy atom. The highest BCUT2D eigenvalue weighted by molar-refractivity contribution is 5.89. The van der Waals surface area contributed by atoms with E-state index in [2.05, 4.69) is 11.7 Å². The molecule has 0 atom stereocenters. The molecular formula is C10H12N2O. The molecule has 0 unspecified atom stereocenters. The molecule has 1 aliphatic rings. The highest BCUT2D eigenvalue weighted by atomic mass is 16.2. The number of carbonyl (C=O) groups is 1. The average Bonchev–Trinajstić information content (AvgIpc) is 2.60. The summed E-state index contributed by atoms with van der Waals surface area (Å²) >= 11 is 0. The average molecular weight is 176 g/mol. The van der Waals surface area contributed by atoms with Crippen molar-refractivity contribution in [2.75, 3.05) is 0 Å². The van der Waals surface area contributed by atoms with Gasteiger partial charge in [0.15, 0.2) is 0 Å². The Labute approximate surface area is 77.1 Å². The number of rotatable bonds is 1. The molecule has 68 valence electrons. The third kappa shape index (κ3) is 1.30. The maximum absolute atomic E-state index is 11.3. The minimum absolute atomic E-state index is 0.122. The number of aryl methyl sites for hydroxylation is 1. The van der Waals surface area contributed by atoms with E-state index in [0.29, 0.717) is 0 Å². The van der Waals surface area contributed by atoms with E-state index in [-0.39, 0.29) is 5.91 Å². The van der Waals surface area contributed by atoms with Crippen molar-refractivity contribution < 1.29 is 4.79 Å². The Kier molecular flexibility index (Phi) is 2.00. The van der Waals surface area contributed by atoms with Crippen molar-refractivity contribution in [3.63, 3.8) is 0 Å². The Bertz CT molecular complexity index is 352. The van der Waals surface area contributed by atoms with Gasteiger partial charge in [-0.3, -0.25) is 4.79 Å². The zero-order valence-corrected chi connectivity index (χ0v) is 7.49. The lowest BCUT2D eigenvalue weighted by molar-refractivity contribution is 0.0950. The van der Waals surface area contributed by atoms with Gasteiger partial charge in [0.2, 0.25) is 0 Å². The number of allylic oxidation sites excluding steroid dienone is 1. The molecule has 13 heavy (non-hydrogen) atoms. The predicted molar refractivity (Wildman–Crippen MR) is 49.7 cm³/mol. The molecule has 0 radical (unpaired) electrons. The molecule has 1 heterocycles.